The van der Waals surface area contributed by atoms with Gasteiger partial charge in [0.05, 0.1) is 6.54 Å². The Kier molecular flexibility index (Phi) is 7.05. The number of likely N-dealkylation sites (tertiary alicyclic amines) is 1. The number of aliphatic hydroxyl groups is 1. The van der Waals surface area contributed by atoms with E-state index in [1.807, 2.05) is 29.3 Å². The number of nitrogens with zero attached hydrogens (tertiary/aromatic N) is 2. The van der Waals surface area contributed by atoms with Gasteiger partial charge in [0.1, 0.15) is 12.1 Å². The van der Waals surface area contributed by atoms with Crippen LogP contribution in [0.4, 0.5) is 0 Å². The Labute approximate surface area is 148 Å². The fourth-order valence-corrected chi connectivity index (χ4v) is 3.45. The molecule has 1 aromatic rings. The molecule has 1 aliphatic heterocycles. The number of hydrogen-bond donors (Lipinski definition) is 3. The van der Waals surface area contributed by atoms with Crippen molar-refractivity contribution in [2.45, 2.75) is 38.7 Å². The van der Waals surface area contributed by atoms with Crippen LogP contribution in [0.3, 0.4) is 0 Å². The van der Waals surface area contributed by atoms with E-state index in [-0.39, 0.29) is 12.5 Å². The molecule has 2 rings (SSSR count). The van der Waals surface area contributed by atoms with Crippen LogP contribution in [0.2, 0.25) is 0 Å². The first kappa shape index (κ1) is 18.7. The fraction of sp³-hybridized carbons (Fsp3) is 0.647. The summed E-state index contributed by atoms with van der Waals surface area (Å²) in [7, 11) is 0. The SMILES string of the molecule is CCNC(=NCC(=O)N1CCCCC1)NCC(C)(O)c1cccs1. The van der Waals surface area contributed by atoms with E-state index in [9.17, 15) is 9.90 Å². The van der Waals surface area contributed by atoms with Crippen molar-refractivity contribution in [2.24, 2.45) is 4.99 Å². The lowest BCUT2D eigenvalue weighted by Gasteiger charge is -2.26. The Balaban J connectivity index is 1.89. The molecule has 2 heterocycles. The van der Waals surface area contributed by atoms with Crippen molar-refractivity contribution in [1.29, 1.82) is 0 Å². The fourth-order valence-electron chi connectivity index (χ4n) is 2.66. The Bertz CT molecular complexity index is 537. The lowest BCUT2D eigenvalue weighted by molar-refractivity contribution is -0.130. The molecule has 7 heteroatoms. The smallest absolute Gasteiger partial charge is 0.244 e. The van der Waals surface area contributed by atoms with Crippen LogP contribution in [-0.2, 0) is 10.4 Å². The first-order chi connectivity index (χ1) is 11.5. The summed E-state index contributed by atoms with van der Waals surface area (Å²) in [5.41, 5.74) is -0.971. The Morgan fingerprint density at radius 3 is 2.75 bits per heavy atom. The zero-order valence-corrected chi connectivity index (χ0v) is 15.4. The molecule has 0 spiro atoms. The monoisotopic (exact) mass is 352 g/mol. The number of rotatable bonds is 6. The molecule has 1 fully saturated rings. The molecule has 0 bridgehead atoms. The summed E-state index contributed by atoms with van der Waals surface area (Å²) in [6.45, 7) is 6.59. The molecular formula is C17H28N4O2S. The maximum absolute atomic E-state index is 12.2. The quantitative estimate of drug-likeness (QED) is 0.536. The third-order valence-electron chi connectivity index (χ3n) is 4.08. The number of aliphatic imine (C=N–C) groups is 1. The van der Waals surface area contributed by atoms with Crippen LogP contribution >= 0.6 is 11.3 Å². The van der Waals surface area contributed by atoms with Gasteiger partial charge in [-0.15, -0.1) is 11.3 Å². The molecule has 1 unspecified atom stereocenters. The summed E-state index contributed by atoms with van der Waals surface area (Å²) in [4.78, 5) is 19.4. The maximum atomic E-state index is 12.2. The number of piperidine rings is 1. The molecular weight excluding hydrogens is 324 g/mol. The second kappa shape index (κ2) is 9.03. The van der Waals surface area contributed by atoms with Gasteiger partial charge in [0.2, 0.25) is 5.91 Å². The van der Waals surface area contributed by atoms with E-state index in [0.29, 0.717) is 19.0 Å². The highest BCUT2D eigenvalue weighted by molar-refractivity contribution is 7.10. The molecule has 24 heavy (non-hydrogen) atoms. The first-order valence-electron chi connectivity index (χ1n) is 8.59. The summed E-state index contributed by atoms with van der Waals surface area (Å²) >= 11 is 1.52. The van der Waals surface area contributed by atoms with Crippen molar-refractivity contribution in [3.63, 3.8) is 0 Å². The predicted octanol–water partition coefficient (Wildman–Crippen LogP) is 1.52. The Hall–Kier alpha value is -1.60. The van der Waals surface area contributed by atoms with Crippen molar-refractivity contribution in [3.8, 4) is 0 Å². The Morgan fingerprint density at radius 2 is 2.12 bits per heavy atom. The minimum absolute atomic E-state index is 0.0666. The molecule has 1 aliphatic rings. The van der Waals surface area contributed by atoms with Crippen LogP contribution < -0.4 is 10.6 Å². The number of guanidine groups is 1. The number of carbonyl (C=O) groups is 1. The highest BCUT2D eigenvalue weighted by atomic mass is 32.1. The van der Waals surface area contributed by atoms with Gasteiger partial charge in [-0.25, -0.2) is 4.99 Å². The molecule has 0 aliphatic carbocycles. The van der Waals surface area contributed by atoms with E-state index in [1.165, 1.54) is 17.8 Å². The number of nitrogens with one attached hydrogen (secondary N) is 2. The van der Waals surface area contributed by atoms with Crippen LogP contribution in [0.5, 0.6) is 0 Å². The van der Waals surface area contributed by atoms with Crippen molar-refractivity contribution < 1.29 is 9.90 Å². The van der Waals surface area contributed by atoms with E-state index >= 15 is 0 Å². The van der Waals surface area contributed by atoms with Crippen molar-refractivity contribution >= 4 is 23.2 Å². The zero-order valence-electron chi connectivity index (χ0n) is 14.5. The van der Waals surface area contributed by atoms with E-state index in [4.69, 9.17) is 0 Å². The Morgan fingerprint density at radius 1 is 1.38 bits per heavy atom. The molecule has 0 radical (unpaired) electrons. The largest absolute Gasteiger partial charge is 0.383 e. The maximum Gasteiger partial charge on any atom is 0.244 e. The summed E-state index contributed by atoms with van der Waals surface area (Å²) < 4.78 is 0. The molecule has 1 amide bonds. The van der Waals surface area contributed by atoms with Crippen molar-refractivity contribution in [2.75, 3.05) is 32.7 Å². The third kappa shape index (κ3) is 5.49. The first-order valence-corrected chi connectivity index (χ1v) is 9.47. The number of hydrogen-bond acceptors (Lipinski definition) is 4. The average Bonchev–Trinajstić information content (AvgIpc) is 3.13. The second-order valence-electron chi connectivity index (χ2n) is 6.24. The lowest BCUT2D eigenvalue weighted by atomic mass is 10.1. The van der Waals surface area contributed by atoms with Gasteiger partial charge in [0.25, 0.3) is 0 Å². The van der Waals surface area contributed by atoms with Gasteiger partial charge in [-0.2, -0.15) is 0 Å². The molecule has 6 nitrogen and oxygen atoms in total. The van der Waals surface area contributed by atoms with Crippen LogP contribution in [0.15, 0.2) is 22.5 Å². The topological polar surface area (TPSA) is 77.0 Å². The van der Waals surface area contributed by atoms with Crippen molar-refractivity contribution in [1.82, 2.24) is 15.5 Å². The van der Waals surface area contributed by atoms with Gasteiger partial charge in [-0.3, -0.25) is 4.79 Å². The number of carbonyl (C=O) groups excluding carboxylic acids is 1. The van der Waals surface area contributed by atoms with Crippen molar-refractivity contribution in [3.05, 3.63) is 22.4 Å². The van der Waals surface area contributed by atoms with Gasteiger partial charge in [0, 0.05) is 24.5 Å². The molecule has 1 aromatic heterocycles. The summed E-state index contributed by atoms with van der Waals surface area (Å²) in [5, 5.41) is 18.8. The lowest BCUT2D eigenvalue weighted by Crippen LogP contribution is -2.45. The summed E-state index contributed by atoms with van der Waals surface area (Å²) in [6, 6.07) is 3.83. The molecule has 1 atom stereocenters. The van der Waals surface area contributed by atoms with Gasteiger partial charge in [0.15, 0.2) is 5.96 Å². The zero-order chi connectivity index (χ0) is 17.4. The third-order valence-corrected chi connectivity index (χ3v) is 5.20. The minimum Gasteiger partial charge on any atom is -0.383 e. The molecule has 0 aromatic carbocycles. The normalized spacial score (nSPS) is 18.1. The molecule has 134 valence electrons. The highest BCUT2D eigenvalue weighted by Gasteiger charge is 2.24. The summed E-state index contributed by atoms with van der Waals surface area (Å²) in [5.74, 6) is 0.622. The van der Waals surface area contributed by atoms with E-state index in [2.05, 4.69) is 15.6 Å². The van der Waals surface area contributed by atoms with Gasteiger partial charge in [-0.05, 0) is 44.6 Å². The minimum atomic E-state index is -0.971. The van der Waals surface area contributed by atoms with Crippen LogP contribution in [0.25, 0.3) is 0 Å². The standard InChI is InChI=1S/C17H28N4O2S/c1-3-18-16(19-12-15(22)21-9-5-4-6-10-21)20-13-17(2,23)14-8-7-11-24-14/h7-8,11,23H,3-6,9-10,12-13H2,1-2H3,(H2,18,19,20). The van der Waals surface area contributed by atoms with Gasteiger partial charge < -0.3 is 20.6 Å². The summed E-state index contributed by atoms with van der Waals surface area (Å²) in [6.07, 6.45) is 3.37. The van der Waals surface area contributed by atoms with E-state index in [0.717, 1.165) is 30.8 Å². The van der Waals surface area contributed by atoms with Crippen LogP contribution in [0.1, 0.15) is 38.0 Å². The number of amides is 1. The number of thiophene rings is 1. The second-order valence-corrected chi connectivity index (χ2v) is 7.19. The van der Waals surface area contributed by atoms with Crippen LogP contribution in [0, 0.1) is 0 Å². The average molecular weight is 353 g/mol. The van der Waals surface area contributed by atoms with Crippen LogP contribution in [-0.4, -0.2) is 54.6 Å². The molecule has 1 saturated heterocycles. The molecule has 3 N–H and O–H groups in total. The van der Waals surface area contributed by atoms with Gasteiger partial charge >= 0.3 is 0 Å². The van der Waals surface area contributed by atoms with E-state index < -0.39 is 5.60 Å². The van der Waals surface area contributed by atoms with E-state index in [1.54, 1.807) is 6.92 Å². The molecule has 0 saturated carbocycles. The highest BCUT2D eigenvalue weighted by Crippen LogP contribution is 2.24. The predicted molar refractivity (Wildman–Crippen MR) is 98.3 cm³/mol. The van der Waals surface area contributed by atoms with Gasteiger partial charge in [-0.1, -0.05) is 6.07 Å².